The summed E-state index contributed by atoms with van der Waals surface area (Å²) >= 11 is 0. The molecule has 0 aliphatic rings. The molecule has 15 heavy (non-hydrogen) atoms. The highest BCUT2D eigenvalue weighted by Gasteiger charge is 2.06. The number of carbonyl (C=O) groups excluding carboxylic acids is 1. The summed E-state index contributed by atoms with van der Waals surface area (Å²) in [7, 11) is 0. The Bertz CT molecular complexity index is 461. The third-order valence-corrected chi connectivity index (χ3v) is 2.55. The lowest BCUT2D eigenvalue weighted by atomic mass is 10.1. The average molecular weight is 202 g/mol. The van der Waals surface area contributed by atoms with Gasteiger partial charge in [0, 0.05) is 23.1 Å². The largest absolute Gasteiger partial charge is 0.361 e. The van der Waals surface area contributed by atoms with Crippen LogP contribution in [0.2, 0.25) is 0 Å². The summed E-state index contributed by atoms with van der Waals surface area (Å²) in [5, 5.41) is 3.99. The molecule has 2 rings (SSSR count). The molecule has 1 amide bonds. The minimum Gasteiger partial charge on any atom is -0.361 e. The average Bonchev–Trinajstić information content (AvgIpc) is 2.62. The number of rotatable bonds is 4. The number of H-pyrrole nitrogens is 1. The molecule has 0 spiro atoms. The normalized spacial score (nSPS) is 12.6. The first-order chi connectivity index (χ1) is 7.31. The van der Waals surface area contributed by atoms with Crippen molar-refractivity contribution < 1.29 is 4.79 Å². The number of benzene rings is 1. The van der Waals surface area contributed by atoms with Gasteiger partial charge in [-0.15, -0.1) is 0 Å². The van der Waals surface area contributed by atoms with Crippen molar-refractivity contribution >= 4 is 17.3 Å². The van der Waals surface area contributed by atoms with Crippen molar-refractivity contribution in [2.24, 2.45) is 0 Å². The Balaban J connectivity index is 2.24. The molecule has 0 fully saturated rings. The van der Waals surface area contributed by atoms with Crippen molar-refractivity contribution in [1.82, 2.24) is 10.3 Å². The van der Waals surface area contributed by atoms with Crippen LogP contribution in [-0.4, -0.2) is 17.4 Å². The molecule has 2 aromatic rings. The zero-order valence-electron chi connectivity index (χ0n) is 8.66. The number of para-hydroxylation sites is 1. The maximum Gasteiger partial charge on any atom is 0.207 e. The molecule has 0 aliphatic carbocycles. The lowest BCUT2D eigenvalue weighted by molar-refractivity contribution is -0.110. The summed E-state index contributed by atoms with van der Waals surface area (Å²) in [4.78, 5) is 13.5. The smallest absolute Gasteiger partial charge is 0.207 e. The van der Waals surface area contributed by atoms with Crippen molar-refractivity contribution in [3.8, 4) is 0 Å². The maximum absolute atomic E-state index is 10.3. The van der Waals surface area contributed by atoms with Gasteiger partial charge in [0.2, 0.25) is 6.41 Å². The standard InChI is InChI=1S/C12H14N2O/c1-9(14-8-15)6-10-7-13-12-5-3-2-4-11(10)12/h2-5,7-9,13H,6H2,1H3,(H,14,15)/t9-/m0/s1. The van der Waals surface area contributed by atoms with Crippen LogP contribution in [0.25, 0.3) is 10.9 Å². The highest BCUT2D eigenvalue weighted by molar-refractivity contribution is 5.83. The molecular formula is C12H14N2O. The van der Waals surface area contributed by atoms with E-state index in [1.165, 1.54) is 10.9 Å². The van der Waals surface area contributed by atoms with Gasteiger partial charge in [-0.05, 0) is 25.0 Å². The van der Waals surface area contributed by atoms with Crippen molar-refractivity contribution in [2.75, 3.05) is 0 Å². The van der Waals surface area contributed by atoms with Gasteiger partial charge < -0.3 is 10.3 Å². The van der Waals surface area contributed by atoms with Crippen LogP contribution in [0.15, 0.2) is 30.5 Å². The van der Waals surface area contributed by atoms with Gasteiger partial charge >= 0.3 is 0 Å². The Morgan fingerprint density at radius 2 is 2.27 bits per heavy atom. The molecule has 0 aliphatic heterocycles. The number of aromatic amines is 1. The number of carbonyl (C=O) groups is 1. The molecular weight excluding hydrogens is 188 g/mol. The van der Waals surface area contributed by atoms with Crippen molar-refractivity contribution in [3.63, 3.8) is 0 Å². The van der Waals surface area contributed by atoms with E-state index >= 15 is 0 Å². The van der Waals surface area contributed by atoms with Gasteiger partial charge in [0.15, 0.2) is 0 Å². The number of amides is 1. The molecule has 3 nitrogen and oxygen atoms in total. The lowest BCUT2D eigenvalue weighted by Crippen LogP contribution is -2.26. The molecule has 3 heteroatoms. The summed E-state index contributed by atoms with van der Waals surface area (Å²) in [6.45, 7) is 2.00. The maximum atomic E-state index is 10.3. The van der Waals surface area contributed by atoms with E-state index in [0.717, 1.165) is 18.3 Å². The molecule has 1 heterocycles. The lowest BCUT2D eigenvalue weighted by Gasteiger charge is -2.08. The van der Waals surface area contributed by atoms with E-state index in [2.05, 4.69) is 22.4 Å². The fraction of sp³-hybridized carbons (Fsp3) is 0.250. The Morgan fingerprint density at radius 3 is 3.07 bits per heavy atom. The third kappa shape index (κ3) is 2.01. The predicted molar refractivity (Wildman–Crippen MR) is 60.7 cm³/mol. The minimum atomic E-state index is 0.168. The predicted octanol–water partition coefficient (Wildman–Crippen LogP) is 1.84. The molecule has 0 unspecified atom stereocenters. The van der Waals surface area contributed by atoms with Crippen LogP contribution in [0.1, 0.15) is 12.5 Å². The molecule has 78 valence electrons. The molecule has 1 aromatic heterocycles. The summed E-state index contributed by atoms with van der Waals surface area (Å²) in [6, 6.07) is 8.35. The fourth-order valence-corrected chi connectivity index (χ4v) is 1.81. The second-order valence-electron chi connectivity index (χ2n) is 3.75. The molecule has 1 atom stereocenters. The van der Waals surface area contributed by atoms with Gasteiger partial charge in [-0.3, -0.25) is 4.79 Å². The second-order valence-corrected chi connectivity index (χ2v) is 3.75. The zero-order valence-corrected chi connectivity index (χ0v) is 8.66. The van der Waals surface area contributed by atoms with Crippen LogP contribution in [0.5, 0.6) is 0 Å². The van der Waals surface area contributed by atoms with E-state index in [9.17, 15) is 4.79 Å². The highest BCUT2D eigenvalue weighted by atomic mass is 16.1. The zero-order chi connectivity index (χ0) is 10.7. The van der Waals surface area contributed by atoms with Gasteiger partial charge in [0.1, 0.15) is 0 Å². The van der Waals surface area contributed by atoms with Crippen LogP contribution in [0.4, 0.5) is 0 Å². The van der Waals surface area contributed by atoms with E-state index in [4.69, 9.17) is 0 Å². The van der Waals surface area contributed by atoms with E-state index in [1.807, 2.05) is 25.3 Å². The van der Waals surface area contributed by atoms with Crippen LogP contribution in [0.3, 0.4) is 0 Å². The van der Waals surface area contributed by atoms with Crippen LogP contribution in [0, 0.1) is 0 Å². The summed E-state index contributed by atoms with van der Waals surface area (Å²) in [5.74, 6) is 0. The first-order valence-electron chi connectivity index (χ1n) is 5.06. The molecule has 0 saturated heterocycles. The van der Waals surface area contributed by atoms with Gasteiger partial charge in [-0.1, -0.05) is 18.2 Å². The van der Waals surface area contributed by atoms with E-state index in [-0.39, 0.29) is 6.04 Å². The topological polar surface area (TPSA) is 44.9 Å². The fourth-order valence-electron chi connectivity index (χ4n) is 1.81. The van der Waals surface area contributed by atoms with Crippen LogP contribution in [-0.2, 0) is 11.2 Å². The Labute approximate surface area is 88.5 Å². The van der Waals surface area contributed by atoms with Crippen molar-refractivity contribution in [1.29, 1.82) is 0 Å². The van der Waals surface area contributed by atoms with Crippen molar-refractivity contribution in [3.05, 3.63) is 36.0 Å². The molecule has 2 N–H and O–H groups in total. The number of hydrogen-bond donors (Lipinski definition) is 2. The molecule has 0 bridgehead atoms. The van der Waals surface area contributed by atoms with E-state index < -0.39 is 0 Å². The van der Waals surface area contributed by atoms with E-state index in [0.29, 0.717) is 0 Å². The van der Waals surface area contributed by atoms with E-state index in [1.54, 1.807) is 0 Å². The van der Waals surface area contributed by atoms with Crippen LogP contribution >= 0.6 is 0 Å². The first-order valence-corrected chi connectivity index (χ1v) is 5.06. The molecule has 1 aromatic carbocycles. The molecule has 0 radical (unpaired) electrons. The van der Waals surface area contributed by atoms with Crippen molar-refractivity contribution in [2.45, 2.75) is 19.4 Å². The van der Waals surface area contributed by atoms with Gasteiger partial charge in [-0.2, -0.15) is 0 Å². The number of hydrogen-bond acceptors (Lipinski definition) is 1. The first kappa shape index (κ1) is 9.77. The molecule has 0 saturated carbocycles. The number of fused-ring (bicyclic) bond motifs is 1. The van der Waals surface area contributed by atoms with Gasteiger partial charge in [0.05, 0.1) is 0 Å². The summed E-state index contributed by atoms with van der Waals surface area (Å²) < 4.78 is 0. The van der Waals surface area contributed by atoms with Gasteiger partial charge in [0.25, 0.3) is 0 Å². The number of aromatic nitrogens is 1. The Hall–Kier alpha value is -1.77. The Morgan fingerprint density at radius 1 is 1.47 bits per heavy atom. The quantitative estimate of drug-likeness (QED) is 0.730. The monoisotopic (exact) mass is 202 g/mol. The second kappa shape index (κ2) is 4.17. The number of nitrogens with one attached hydrogen (secondary N) is 2. The van der Waals surface area contributed by atoms with Crippen LogP contribution < -0.4 is 5.32 Å². The summed E-state index contributed by atoms with van der Waals surface area (Å²) in [5.41, 5.74) is 2.39. The highest BCUT2D eigenvalue weighted by Crippen LogP contribution is 2.18. The third-order valence-electron chi connectivity index (χ3n) is 2.55. The Kier molecular flexibility index (Phi) is 2.72. The SMILES string of the molecule is C[C@@H](Cc1c[nH]c2ccccc12)NC=O. The summed E-state index contributed by atoms with van der Waals surface area (Å²) in [6.07, 6.45) is 3.61. The van der Waals surface area contributed by atoms with Gasteiger partial charge in [-0.25, -0.2) is 0 Å². The minimum absolute atomic E-state index is 0.168.